The minimum atomic E-state index is 0.591. The van der Waals surface area contributed by atoms with Crippen LogP contribution in [0, 0.1) is 0 Å². The molecule has 0 unspecified atom stereocenters. The first-order chi connectivity index (χ1) is 27.7. The molecule has 0 radical (unpaired) electrons. The van der Waals surface area contributed by atoms with Gasteiger partial charge in [-0.05, 0) is 47.5 Å². The lowest BCUT2D eigenvalue weighted by molar-refractivity contribution is 0.667. The van der Waals surface area contributed by atoms with Gasteiger partial charge in [0, 0.05) is 44.0 Å². The van der Waals surface area contributed by atoms with Crippen LogP contribution in [-0.4, -0.2) is 24.9 Å². The molecule has 0 spiro atoms. The van der Waals surface area contributed by atoms with Gasteiger partial charge in [0.15, 0.2) is 28.9 Å². The van der Waals surface area contributed by atoms with Crippen molar-refractivity contribution in [2.45, 2.75) is 0 Å². The summed E-state index contributed by atoms with van der Waals surface area (Å²) in [5.74, 6) is 2.46. The van der Waals surface area contributed by atoms with Crippen LogP contribution < -0.4 is 0 Å². The zero-order valence-corrected chi connectivity index (χ0v) is 29.8. The van der Waals surface area contributed by atoms with Gasteiger partial charge in [0.2, 0.25) is 0 Å². The lowest BCUT2D eigenvalue weighted by Crippen LogP contribution is -2.00. The van der Waals surface area contributed by atoms with Gasteiger partial charge in [-0.1, -0.05) is 140 Å². The Balaban J connectivity index is 1.02. The second kappa shape index (κ2) is 13.0. The molecule has 0 aliphatic heterocycles. The number of aromatic nitrogens is 5. The number of benzene rings is 7. The average Bonchev–Trinajstić information content (AvgIpc) is 3.85. The monoisotopic (exact) mass is 719 g/mol. The van der Waals surface area contributed by atoms with Crippen molar-refractivity contribution in [1.82, 2.24) is 24.9 Å². The molecular formula is C49H29N5O2. The smallest absolute Gasteiger partial charge is 0.180 e. The van der Waals surface area contributed by atoms with E-state index in [9.17, 15) is 0 Å². The molecule has 0 amide bonds. The molecule has 0 atom stereocenters. The molecule has 56 heavy (non-hydrogen) atoms. The van der Waals surface area contributed by atoms with Crippen LogP contribution in [0.1, 0.15) is 0 Å². The van der Waals surface area contributed by atoms with Crippen molar-refractivity contribution in [3.8, 4) is 67.9 Å². The third kappa shape index (κ3) is 5.41. The molecule has 7 heteroatoms. The molecule has 0 bridgehead atoms. The van der Waals surface area contributed by atoms with Crippen LogP contribution in [0.15, 0.2) is 185 Å². The van der Waals surface area contributed by atoms with Crippen LogP contribution in [0.4, 0.5) is 0 Å². The van der Waals surface area contributed by atoms with Crippen molar-refractivity contribution < 1.29 is 8.83 Å². The summed E-state index contributed by atoms with van der Waals surface area (Å²) in [6.07, 6.45) is 0. The summed E-state index contributed by atoms with van der Waals surface area (Å²) in [5, 5.41) is 2.96. The van der Waals surface area contributed by atoms with E-state index in [2.05, 4.69) is 36.4 Å². The van der Waals surface area contributed by atoms with E-state index in [1.54, 1.807) is 0 Å². The minimum absolute atomic E-state index is 0.591. The third-order valence-electron chi connectivity index (χ3n) is 10.2. The summed E-state index contributed by atoms with van der Waals surface area (Å²) in [6.45, 7) is 0. The summed E-state index contributed by atoms with van der Waals surface area (Å²) < 4.78 is 12.7. The highest BCUT2D eigenvalue weighted by Gasteiger charge is 2.20. The molecule has 4 aromatic heterocycles. The third-order valence-corrected chi connectivity index (χ3v) is 10.2. The number of rotatable bonds is 6. The summed E-state index contributed by atoms with van der Waals surface area (Å²) in [6, 6.07) is 58.9. The first-order valence-corrected chi connectivity index (χ1v) is 18.4. The first kappa shape index (κ1) is 31.7. The fourth-order valence-corrected chi connectivity index (χ4v) is 7.45. The van der Waals surface area contributed by atoms with Gasteiger partial charge in [-0.25, -0.2) is 24.9 Å². The van der Waals surface area contributed by atoms with Crippen LogP contribution >= 0.6 is 0 Å². The average molecular weight is 720 g/mol. The van der Waals surface area contributed by atoms with Crippen molar-refractivity contribution in [1.29, 1.82) is 0 Å². The van der Waals surface area contributed by atoms with Crippen LogP contribution in [0.5, 0.6) is 0 Å². The SMILES string of the molecule is c1ccc(-c2nc(-c3ccccc3)nc(-c3ccc4oc5cccc(-c6ccc(-c7nc(-c8ccccc8)c8oc9ccccc9c8n7)cc6)c5c4c3)n2)cc1. The molecule has 0 N–H and O–H groups in total. The standard InChI is InChI=1S/C49H29N5O2/c1-4-13-31(14-5-1)43-45-44(37-19-10-11-21-39(37)56-45)51-46(50-43)34-25-23-30(24-26-34)36-20-12-22-41-42(36)38-29-35(27-28-40(38)55-41)49-53-47(32-15-6-2-7-16-32)52-48(54-49)33-17-8-3-9-18-33/h1-29H. The summed E-state index contributed by atoms with van der Waals surface area (Å²) in [7, 11) is 0. The molecule has 0 aliphatic rings. The van der Waals surface area contributed by atoms with Crippen molar-refractivity contribution >= 4 is 44.0 Å². The molecule has 262 valence electrons. The van der Waals surface area contributed by atoms with Gasteiger partial charge in [0.1, 0.15) is 28.0 Å². The van der Waals surface area contributed by atoms with Gasteiger partial charge >= 0.3 is 0 Å². The number of para-hydroxylation sites is 1. The van der Waals surface area contributed by atoms with E-state index in [0.29, 0.717) is 28.9 Å². The van der Waals surface area contributed by atoms with Crippen molar-refractivity contribution in [3.63, 3.8) is 0 Å². The molecule has 0 saturated heterocycles. The highest BCUT2D eigenvalue weighted by molar-refractivity contribution is 6.13. The van der Waals surface area contributed by atoms with Gasteiger partial charge in [0.05, 0.1) is 0 Å². The normalized spacial score (nSPS) is 11.6. The lowest BCUT2D eigenvalue weighted by Gasteiger charge is -2.09. The second-order valence-corrected chi connectivity index (χ2v) is 13.6. The Labute approximate surface area is 320 Å². The lowest BCUT2D eigenvalue weighted by atomic mass is 9.97. The van der Waals surface area contributed by atoms with Gasteiger partial charge in [-0.15, -0.1) is 0 Å². The maximum absolute atomic E-state index is 6.43. The number of hydrogen-bond acceptors (Lipinski definition) is 7. The van der Waals surface area contributed by atoms with Crippen LogP contribution in [0.2, 0.25) is 0 Å². The quantitative estimate of drug-likeness (QED) is 0.169. The largest absolute Gasteiger partial charge is 0.456 e. The van der Waals surface area contributed by atoms with E-state index in [1.807, 2.05) is 140 Å². The Morgan fingerprint density at radius 2 is 0.839 bits per heavy atom. The van der Waals surface area contributed by atoms with E-state index in [1.165, 1.54) is 0 Å². The van der Waals surface area contributed by atoms with Gasteiger partial charge in [0.25, 0.3) is 0 Å². The fourth-order valence-electron chi connectivity index (χ4n) is 7.45. The van der Waals surface area contributed by atoms with E-state index >= 15 is 0 Å². The van der Waals surface area contributed by atoms with Gasteiger partial charge in [-0.3, -0.25) is 0 Å². The van der Waals surface area contributed by atoms with E-state index in [0.717, 1.165) is 83.1 Å². The predicted molar refractivity (Wildman–Crippen MR) is 223 cm³/mol. The maximum Gasteiger partial charge on any atom is 0.180 e. The zero-order valence-electron chi connectivity index (χ0n) is 29.8. The molecule has 7 nitrogen and oxygen atoms in total. The van der Waals surface area contributed by atoms with Crippen LogP contribution in [0.3, 0.4) is 0 Å². The Hall–Kier alpha value is -7.77. The Morgan fingerprint density at radius 1 is 0.321 bits per heavy atom. The number of nitrogens with zero attached hydrogens (tertiary/aromatic N) is 5. The van der Waals surface area contributed by atoms with Crippen molar-refractivity contribution in [2.75, 3.05) is 0 Å². The maximum atomic E-state index is 6.43. The number of fused-ring (bicyclic) bond motifs is 6. The molecule has 7 aromatic carbocycles. The highest BCUT2D eigenvalue weighted by Crippen LogP contribution is 2.40. The van der Waals surface area contributed by atoms with Gasteiger partial charge < -0.3 is 8.83 Å². The fraction of sp³-hybridized carbons (Fsp3) is 0. The molecule has 11 rings (SSSR count). The molecule has 0 fully saturated rings. The molecular weight excluding hydrogens is 691 g/mol. The topological polar surface area (TPSA) is 90.7 Å². The molecule has 0 saturated carbocycles. The van der Waals surface area contributed by atoms with Crippen LogP contribution in [-0.2, 0) is 0 Å². The summed E-state index contributed by atoms with van der Waals surface area (Å²) in [4.78, 5) is 25.0. The Bertz CT molecular complexity index is 3170. The minimum Gasteiger partial charge on any atom is -0.456 e. The Morgan fingerprint density at radius 3 is 1.54 bits per heavy atom. The molecule has 0 aliphatic carbocycles. The highest BCUT2D eigenvalue weighted by atomic mass is 16.3. The molecule has 11 aromatic rings. The summed E-state index contributed by atoms with van der Waals surface area (Å²) in [5.41, 5.74) is 11.3. The van der Waals surface area contributed by atoms with E-state index in [4.69, 9.17) is 33.8 Å². The predicted octanol–water partition coefficient (Wildman–Crippen LogP) is 12.5. The second-order valence-electron chi connectivity index (χ2n) is 13.6. The summed E-state index contributed by atoms with van der Waals surface area (Å²) >= 11 is 0. The van der Waals surface area contributed by atoms with E-state index in [-0.39, 0.29) is 0 Å². The van der Waals surface area contributed by atoms with Crippen LogP contribution in [0.25, 0.3) is 112 Å². The molecule has 4 heterocycles. The van der Waals surface area contributed by atoms with Gasteiger partial charge in [-0.2, -0.15) is 0 Å². The number of furan rings is 2. The van der Waals surface area contributed by atoms with Crippen molar-refractivity contribution in [2.24, 2.45) is 0 Å². The zero-order chi connectivity index (χ0) is 37.0. The Kier molecular flexibility index (Phi) is 7.35. The first-order valence-electron chi connectivity index (χ1n) is 18.4. The number of hydrogen-bond donors (Lipinski definition) is 0. The van der Waals surface area contributed by atoms with Crippen molar-refractivity contribution in [3.05, 3.63) is 176 Å². The van der Waals surface area contributed by atoms with E-state index < -0.39 is 0 Å².